The minimum Gasteiger partial charge on any atom is -0.465 e. The van der Waals surface area contributed by atoms with Crippen LogP contribution in [-0.2, 0) is 6.42 Å². The van der Waals surface area contributed by atoms with E-state index in [2.05, 4.69) is 10.6 Å². The molecule has 7 nitrogen and oxygen atoms in total. The summed E-state index contributed by atoms with van der Waals surface area (Å²) in [5.41, 5.74) is 9.64. The number of hydrogen-bond donors (Lipinski definition) is 2. The van der Waals surface area contributed by atoms with Gasteiger partial charge in [-0.3, -0.25) is 0 Å². The SMILES string of the molecule is CSc1nc2c(F)c(-c3cccc(Cl)c3Cl)c(CCC#N)cc2c2c1cc([C@@H](C)N)n2[C@H]1[C@@H]2C[C@H]1N(C(=O)O)C2. The minimum atomic E-state index is -0.932. The van der Waals surface area contributed by atoms with Crippen LogP contribution in [0.15, 0.2) is 35.4 Å². The molecule has 7 rings (SSSR count). The number of rotatable bonds is 6. The van der Waals surface area contributed by atoms with E-state index in [1.165, 1.54) is 16.7 Å². The summed E-state index contributed by atoms with van der Waals surface area (Å²) in [5, 5.41) is 21.8. The Morgan fingerprint density at radius 2 is 2.12 bits per heavy atom. The molecule has 2 saturated heterocycles. The number of aromatic nitrogens is 2. The van der Waals surface area contributed by atoms with Gasteiger partial charge >= 0.3 is 6.09 Å². The van der Waals surface area contributed by atoms with Gasteiger partial charge in [0.1, 0.15) is 10.5 Å². The van der Waals surface area contributed by atoms with Gasteiger partial charge in [0.2, 0.25) is 0 Å². The molecule has 4 atom stereocenters. The number of pyridine rings is 1. The van der Waals surface area contributed by atoms with Crippen molar-refractivity contribution < 1.29 is 14.3 Å². The van der Waals surface area contributed by atoms with Crippen LogP contribution in [0.2, 0.25) is 10.0 Å². The molecular formula is C29H26Cl2FN5O2S. The van der Waals surface area contributed by atoms with Crippen LogP contribution in [0.5, 0.6) is 0 Å². The van der Waals surface area contributed by atoms with Gasteiger partial charge in [-0.25, -0.2) is 14.2 Å². The van der Waals surface area contributed by atoms with Gasteiger partial charge in [0, 0.05) is 52.5 Å². The van der Waals surface area contributed by atoms with Crippen molar-refractivity contribution in [3.05, 3.63) is 57.5 Å². The van der Waals surface area contributed by atoms with Crippen LogP contribution in [-0.4, -0.2) is 44.5 Å². The van der Waals surface area contributed by atoms with Crippen LogP contribution in [0.3, 0.4) is 0 Å². The Morgan fingerprint density at radius 3 is 2.77 bits per heavy atom. The van der Waals surface area contributed by atoms with Crippen LogP contribution >= 0.6 is 35.0 Å². The molecule has 0 spiro atoms. The van der Waals surface area contributed by atoms with E-state index in [4.69, 9.17) is 33.9 Å². The summed E-state index contributed by atoms with van der Waals surface area (Å²) >= 11 is 14.3. The Kier molecular flexibility index (Phi) is 6.86. The standard InChI is InChI=1S/C29H26Cl2FN5O2S/c1-13(34)20-11-18-27(37(20)26-15-10-21(26)36(12-15)29(38)39)17-9-14(5-4-8-33)22(16-6-3-7-19(30)23(16)31)24(32)25(17)35-28(18)40-2/h3,6-7,9,11,13,15,21,26H,4-5,10,12,34H2,1-2H3,(H,38,39)/t13-,15-,21-,26+/m1/s1. The fourth-order valence-corrected chi connectivity index (χ4v) is 7.48. The monoisotopic (exact) mass is 597 g/mol. The molecule has 1 amide bonds. The number of carbonyl (C=O) groups is 1. The normalized spacial score (nSPS) is 20.6. The highest BCUT2D eigenvalue weighted by Crippen LogP contribution is 2.53. The molecule has 4 heterocycles. The average Bonchev–Trinajstić information content (AvgIpc) is 3.62. The van der Waals surface area contributed by atoms with Crippen molar-refractivity contribution >= 4 is 62.9 Å². The van der Waals surface area contributed by atoms with E-state index in [-0.39, 0.29) is 46.6 Å². The van der Waals surface area contributed by atoms with Crippen molar-refractivity contribution in [2.75, 3.05) is 12.8 Å². The van der Waals surface area contributed by atoms with Gasteiger partial charge in [0.05, 0.1) is 33.7 Å². The van der Waals surface area contributed by atoms with Crippen molar-refractivity contribution in [3.8, 4) is 17.2 Å². The molecule has 2 aliphatic heterocycles. The van der Waals surface area contributed by atoms with Gasteiger partial charge in [-0.2, -0.15) is 5.26 Å². The van der Waals surface area contributed by atoms with Crippen molar-refractivity contribution in [3.63, 3.8) is 0 Å². The molecule has 11 heteroatoms. The highest BCUT2D eigenvalue weighted by molar-refractivity contribution is 7.98. The maximum absolute atomic E-state index is 16.7. The van der Waals surface area contributed by atoms with Gasteiger partial charge in [-0.1, -0.05) is 35.3 Å². The number of carboxylic acid groups (broad SMARTS) is 1. The number of halogens is 3. The number of nitrogens with two attached hydrogens (primary N) is 1. The molecule has 4 aromatic rings. The van der Waals surface area contributed by atoms with E-state index in [1.807, 2.05) is 25.3 Å². The summed E-state index contributed by atoms with van der Waals surface area (Å²) in [5.74, 6) is -0.395. The summed E-state index contributed by atoms with van der Waals surface area (Å²) in [7, 11) is 0. The second-order valence-corrected chi connectivity index (χ2v) is 12.1. The molecular weight excluding hydrogens is 572 g/mol. The number of hydrogen-bond acceptors (Lipinski definition) is 5. The first kappa shape index (κ1) is 27.2. The van der Waals surface area contributed by atoms with Gasteiger partial charge < -0.3 is 20.3 Å². The van der Waals surface area contributed by atoms with E-state index < -0.39 is 11.9 Å². The largest absolute Gasteiger partial charge is 0.465 e. The molecule has 0 unspecified atom stereocenters. The fourth-order valence-electron chi connectivity index (χ4n) is 6.52. The molecule has 3 aliphatic rings. The van der Waals surface area contributed by atoms with Crippen LogP contribution < -0.4 is 5.73 Å². The summed E-state index contributed by atoms with van der Waals surface area (Å²) in [6.45, 7) is 2.35. The van der Waals surface area contributed by atoms with Gasteiger partial charge in [-0.15, -0.1) is 11.8 Å². The van der Waals surface area contributed by atoms with Crippen molar-refractivity contribution in [2.45, 2.75) is 49.3 Å². The van der Waals surface area contributed by atoms with E-state index in [9.17, 15) is 15.2 Å². The maximum Gasteiger partial charge on any atom is 0.407 e. The molecule has 2 aromatic heterocycles. The van der Waals surface area contributed by atoms with E-state index >= 15 is 4.39 Å². The first-order valence-corrected chi connectivity index (χ1v) is 15.0. The summed E-state index contributed by atoms with van der Waals surface area (Å²) in [6, 6.07) is 10.5. The number of benzene rings is 2. The molecule has 1 aliphatic carbocycles. The Labute approximate surface area is 244 Å². The average molecular weight is 599 g/mol. The Bertz CT molecular complexity index is 1750. The third-order valence-electron chi connectivity index (χ3n) is 8.27. The molecule has 40 heavy (non-hydrogen) atoms. The number of nitriles is 1. The van der Waals surface area contributed by atoms with E-state index in [0.717, 1.165) is 23.0 Å². The third-order valence-corrected chi connectivity index (χ3v) is 9.79. The lowest BCUT2D eigenvalue weighted by Crippen LogP contribution is -2.42. The van der Waals surface area contributed by atoms with Crippen molar-refractivity contribution in [1.29, 1.82) is 5.26 Å². The second kappa shape index (κ2) is 10.1. The second-order valence-electron chi connectivity index (χ2n) is 10.5. The Morgan fingerprint density at radius 1 is 1.35 bits per heavy atom. The zero-order valence-electron chi connectivity index (χ0n) is 21.8. The molecule has 3 fully saturated rings. The quantitative estimate of drug-likeness (QED) is 0.224. The van der Waals surface area contributed by atoms with Crippen LogP contribution in [0.1, 0.15) is 43.1 Å². The van der Waals surface area contributed by atoms with Gasteiger partial charge in [0.25, 0.3) is 0 Å². The third kappa shape index (κ3) is 3.96. The highest BCUT2D eigenvalue weighted by Gasteiger charge is 2.55. The first-order valence-electron chi connectivity index (χ1n) is 13.0. The van der Waals surface area contributed by atoms with E-state index in [1.54, 1.807) is 18.2 Å². The maximum atomic E-state index is 16.7. The molecule has 0 radical (unpaired) electrons. The van der Waals surface area contributed by atoms with Crippen LogP contribution in [0, 0.1) is 23.1 Å². The lowest BCUT2D eigenvalue weighted by atomic mass is 9.79. The van der Waals surface area contributed by atoms with Crippen molar-refractivity contribution in [2.24, 2.45) is 11.7 Å². The highest BCUT2D eigenvalue weighted by atomic mass is 35.5. The van der Waals surface area contributed by atoms with Crippen LogP contribution in [0.4, 0.5) is 9.18 Å². The minimum absolute atomic E-state index is 0.109. The number of fused-ring (bicyclic) bond motifs is 4. The Balaban J connectivity index is 1.71. The summed E-state index contributed by atoms with van der Waals surface area (Å²) < 4.78 is 18.9. The number of nitrogens with zero attached hydrogens (tertiary/aromatic N) is 4. The zero-order chi connectivity index (χ0) is 28.5. The molecule has 206 valence electrons. The van der Waals surface area contributed by atoms with Crippen LogP contribution in [0.25, 0.3) is 32.9 Å². The lowest BCUT2D eigenvalue weighted by molar-refractivity contribution is 0.124. The van der Waals surface area contributed by atoms with E-state index in [0.29, 0.717) is 39.5 Å². The molecule has 1 saturated carbocycles. The number of thioether (sulfide) groups is 1. The molecule has 2 aromatic carbocycles. The predicted molar refractivity (Wildman–Crippen MR) is 157 cm³/mol. The number of amides is 1. The predicted octanol–water partition coefficient (Wildman–Crippen LogP) is 7.42. The van der Waals surface area contributed by atoms with Gasteiger partial charge in [0.15, 0.2) is 5.82 Å². The summed E-state index contributed by atoms with van der Waals surface area (Å²) in [6.07, 6.45) is 2.23. The summed E-state index contributed by atoms with van der Waals surface area (Å²) in [4.78, 5) is 18.2. The Hall–Kier alpha value is -3.03. The topological polar surface area (TPSA) is 108 Å². The lowest BCUT2D eigenvalue weighted by Gasteiger charge is -2.39. The van der Waals surface area contributed by atoms with Gasteiger partial charge in [-0.05, 0) is 49.8 Å². The molecule has 2 bridgehead atoms. The zero-order valence-corrected chi connectivity index (χ0v) is 24.1. The first-order chi connectivity index (χ1) is 19.2. The van der Waals surface area contributed by atoms with Crippen molar-refractivity contribution in [1.82, 2.24) is 14.5 Å². The number of aryl methyl sites for hydroxylation is 1. The molecule has 3 N–H and O–H groups in total. The fraction of sp³-hybridized carbons (Fsp3) is 0.345. The smallest absolute Gasteiger partial charge is 0.407 e.